The Balaban J connectivity index is 1.87. The molecule has 132 valence electrons. The van der Waals surface area contributed by atoms with Crippen LogP contribution in [0.3, 0.4) is 0 Å². The molecule has 0 amide bonds. The highest BCUT2D eigenvalue weighted by molar-refractivity contribution is 5.86. The summed E-state index contributed by atoms with van der Waals surface area (Å²) in [6.07, 6.45) is 0. The van der Waals surface area contributed by atoms with Crippen LogP contribution in [0.15, 0.2) is 36.4 Å². The van der Waals surface area contributed by atoms with Gasteiger partial charge in [0, 0.05) is 24.7 Å². The lowest BCUT2D eigenvalue weighted by molar-refractivity contribution is 0.0198. The number of hydrogen-bond acceptors (Lipinski definition) is 5. The fourth-order valence-corrected chi connectivity index (χ4v) is 3.03. The van der Waals surface area contributed by atoms with Crippen molar-refractivity contribution in [1.82, 2.24) is 9.88 Å². The average molecular weight is 342 g/mol. The van der Waals surface area contributed by atoms with Crippen LogP contribution in [0.2, 0.25) is 0 Å². The molecule has 1 aliphatic heterocycles. The minimum absolute atomic E-state index is 0.00145. The van der Waals surface area contributed by atoms with Crippen molar-refractivity contribution in [2.24, 2.45) is 0 Å². The number of hydrogen-bond donors (Lipinski definition) is 1. The summed E-state index contributed by atoms with van der Waals surface area (Å²) in [6, 6.07) is 11.4. The summed E-state index contributed by atoms with van der Waals surface area (Å²) in [5.74, 6) is -0.500. The Morgan fingerprint density at radius 3 is 2.48 bits per heavy atom. The van der Waals surface area contributed by atoms with Crippen LogP contribution in [0.1, 0.15) is 29.0 Å². The first-order chi connectivity index (χ1) is 12.1. The molecule has 1 atom stereocenters. The number of pyridine rings is 1. The van der Waals surface area contributed by atoms with Crippen LogP contribution in [-0.4, -0.2) is 54.4 Å². The number of methoxy groups -OCH3 is 1. The van der Waals surface area contributed by atoms with Crippen molar-refractivity contribution in [3.8, 4) is 17.0 Å². The number of carboxylic acid groups (broad SMARTS) is 1. The third-order valence-corrected chi connectivity index (χ3v) is 4.56. The number of carboxylic acids is 1. The van der Waals surface area contributed by atoms with E-state index in [4.69, 9.17) is 14.6 Å². The maximum absolute atomic E-state index is 11.2. The Kier molecular flexibility index (Phi) is 5.31. The topological polar surface area (TPSA) is 71.9 Å². The molecule has 3 rings (SSSR count). The number of nitrogens with zero attached hydrogens (tertiary/aromatic N) is 2. The molecule has 1 saturated heterocycles. The highest BCUT2D eigenvalue weighted by Crippen LogP contribution is 2.30. The molecule has 1 fully saturated rings. The summed E-state index contributed by atoms with van der Waals surface area (Å²) < 4.78 is 10.7. The van der Waals surface area contributed by atoms with Gasteiger partial charge in [-0.1, -0.05) is 24.3 Å². The normalized spacial score (nSPS) is 16.4. The Bertz CT molecular complexity index is 740. The third-order valence-electron chi connectivity index (χ3n) is 4.56. The Morgan fingerprint density at radius 2 is 1.88 bits per heavy atom. The molecule has 25 heavy (non-hydrogen) atoms. The van der Waals surface area contributed by atoms with Gasteiger partial charge in [0.15, 0.2) is 0 Å². The quantitative estimate of drug-likeness (QED) is 0.901. The van der Waals surface area contributed by atoms with E-state index in [1.165, 1.54) is 11.6 Å². The monoisotopic (exact) mass is 342 g/mol. The van der Waals surface area contributed by atoms with Gasteiger partial charge in [-0.3, -0.25) is 4.90 Å². The summed E-state index contributed by atoms with van der Waals surface area (Å²) in [5.41, 5.74) is 2.58. The van der Waals surface area contributed by atoms with E-state index >= 15 is 0 Å². The van der Waals surface area contributed by atoms with Crippen LogP contribution in [0.4, 0.5) is 0 Å². The second-order valence-corrected chi connectivity index (χ2v) is 6.00. The fraction of sp³-hybridized carbons (Fsp3) is 0.368. The number of ether oxygens (including phenoxy) is 2. The molecular formula is C19H22N2O4. The summed E-state index contributed by atoms with van der Waals surface area (Å²) in [4.78, 5) is 17.8. The summed E-state index contributed by atoms with van der Waals surface area (Å²) >= 11 is 0. The highest BCUT2D eigenvalue weighted by atomic mass is 16.5. The van der Waals surface area contributed by atoms with Crippen LogP contribution in [0.5, 0.6) is 5.75 Å². The Hall–Kier alpha value is -2.44. The van der Waals surface area contributed by atoms with Crippen molar-refractivity contribution < 1.29 is 19.4 Å². The number of aromatic nitrogens is 1. The summed E-state index contributed by atoms with van der Waals surface area (Å²) in [6.45, 7) is 5.58. The first-order valence-electron chi connectivity index (χ1n) is 8.30. The molecule has 2 aromatic rings. The van der Waals surface area contributed by atoms with E-state index in [1.54, 1.807) is 13.2 Å². The van der Waals surface area contributed by atoms with E-state index < -0.39 is 5.97 Å². The zero-order valence-electron chi connectivity index (χ0n) is 14.4. The lowest BCUT2D eigenvalue weighted by Gasteiger charge is -2.32. The maximum atomic E-state index is 11.2. The molecule has 1 aromatic carbocycles. The number of carbonyl (C=O) groups is 1. The maximum Gasteiger partial charge on any atom is 0.354 e. The van der Waals surface area contributed by atoms with Gasteiger partial charge in [0.2, 0.25) is 0 Å². The van der Waals surface area contributed by atoms with Gasteiger partial charge in [-0.05, 0) is 24.6 Å². The van der Waals surface area contributed by atoms with Crippen molar-refractivity contribution >= 4 is 5.97 Å². The highest BCUT2D eigenvalue weighted by Gasteiger charge is 2.19. The molecule has 1 aliphatic rings. The van der Waals surface area contributed by atoms with E-state index in [1.807, 2.05) is 12.1 Å². The van der Waals surface area contributed by atoms with Gasteiger partial charge in [-0.2, -0.15) is 0 Å². The lowest BCUT2D eigenvalue weighted by Crippen LogP contribution is -2.37. The average Bonchev–Trinajstić information content (AvgIpc) is 2.67. The van der Waals surface area contributed by atoms with E-state index in [9.17, 15) is 4.79 Å². The molecular weight excluding hydrogens is 320 g/mol. The van der Waals surface area contributed by atoms with Crippen molar-refractivity contribution in [2.45, 2.75) is 13.0 Å². The number of aromatic carboxylic acids is 1. The smallest absolute Gasteiger partial charge is 0.354 e. The summed E-state index contributed by atoms with van der Waals surface area (Å²) in [5, 5.41) is 9.16. The van der Waals surface area contributed by atoms with E-state index in [-0.39, 0.29) is 5.69 Å². The molecule has 0 aliphatic carbocycles. The molecule has 6 nitrogen and oxygen atoms in total. The van der Waals surface area contributed by atoms with Gasteiger partial charge in [0.1, 0.15) is 17.1 Å². The predicted octanol–water partition coefficient (Wildman–Crippen LogP) is 2.85. The second kappa shape index (κ2) is 7.63. The molecule has 1 N–H and O–H groups in total. The largest absolute Gasteiger partial charge is 0.494 e. The minimum Gasteiger partial charge on any atom is -0.494 e. The summed E-state index contributed by atoms with van der Waals surface area (Å²) in [7, 11) is 1.55. The van der Waals surface area contributed by atoms with Crippen LogP contribution < -0.4 is 4.74 Å². The van der Waals surface area contributed by atoms with Crippen LogP contribution in [0.25, 0.3) is 11.3 Å². The third kappa shape index (κ3) is 3.81. The molecule has 0 unspecified atom stereocenters. The van der Waals surface area contributed by atoms with Crippen LogP contribution in [-0.2, 0) is 4.74 Å². The first-order valence-corrected chi connectivity index (χ1v) is 8.30. The van der Waals surface area contributed by atoms with Crippen molar-refractivity contribution in [3.63, 3.8) is 0 Å². The molecule has 2 heterocycles. The van der Waals surface area contributed by atoms with Crippen molar-refractivity contribution in [1.29, 1.82) is 0 Å². The minimum atomic E-state index is -1.05. The van der Waals surface area contributed by atoms with Gasteiger partial charge in [0.05, 0.1) is 20.3 Å². The predicted molar refractivity (Wildman–Crippen MR) is 94.0 cm³/mol. The molecule has 6 heteroatoms. The van der Waals surface area contributed by atoms with E-state index in [0.29, 0.717) is 17.5 Å². The Labute approximate surface area is 147 Å². The number of rotatable bonds is 5. The first kappa shape index (κ1) is 17.4. The van der Waals surface area contributed by atoms with Gasteiger partial charge < -0.3 is 14.6 Å². The Morgan fingerprint density at radius 1 is 1.20 bits per heavy atom. The zero-order valence-corrected chi connectivity index (χ0v) is 14.4. The van der Waals surface area contributed by atoms with Gasteiger partial charge in [-0.15, -0.1) is 0 Å². The molecule has 0 saturated carbocycles. The van der Waals surface area contributed by atoms with Crippen molar-refractivity contribution in [3.05, 3.63) is 47.7 Å². The molecule has 0 bridgehead atoms. The van der Waals surface area contributed by atoms with E-state index in [0.717, 1.165) is 31.9 Å². The standard InChI is InChI=1S/C19H22N2O4/c1-13(21-9-11-25-12-10-21)14-3-5-15(6-4-14)18-17(24-2)8-7-16(20-18)19(22)23/h3-8,13H,9-12H2,1-2H3,(H,22,23)/t13-/m0/s1. The van der Waals surface area contributed by atoms with Gasteiger partial charge in [-0.25, -0.2) is 9.78 Å². The van der Waals surface area contributed by atoms with Gasteiger partial charge in [0.25, 0.3) is 0 Å². The SMILES string of the molecule is COc1ccc(C(=O)O)nc1-c1ccc([C@H](C)N2CCOCC2)cc1. The van der Waals surface area contributed by atoms with Crippen LogP contribution >= 0.6 is 0 Å². The van der Waals surface area contributed by atoms with Gasteiger partial charge >= 0.3 is 5.97 Å². The van der Waals surface area contributed by atoms with E-state index in [2.05, 4.69) is 28.9 Å². The lowest BCUT2D eigenvalue weighted by atomic mass is 10.0. The van der Waals surface area contributed by atoms with Crippen LogP contribution in [0, 0.1) is 0 Å². The molecule has 0 spiro atoms. The number of benzene rings is 1. The zero-order chi connectivity index (χ0) is 17.8. The molecule has 1 aromatic heterocycles. The van der Waals surface area contributed by atoms with Crippen molar-refractivity contribution in [2.75, 3.05) is 33.4 Å². The second-order valence-electron chi connectivity index (χ2n) is 6.00. The molecule has 0 radical (unpaired) electrons. The number of morpholine rings is 1. The fourth-order valence-electron chi connectivity index (χ4n) is 3.03.